The Hall–Kier alpha value is -1.90. The Morgan fingerprint density at radius 2 is 1.72 bits per heavy atom. The third-order valence-electron chi connectivity index (χ3n) is 6.19. The number of sulfonamides is 1. The summed E-state index contributed by atoms with van der Waals surface area (Å²) in [6, 6.07) is 5.85. The standard InChI is InChI=1S/C21H29NO6S/c1-13(2)17-12-21(27-5,28-6)19-16(17)11-18(20(23)26-4)22(19)29(24,25)15-9-7-14(3)8-10-15/h7-11,13,16-17,19H,12H2,1-6H3/t16-,17-,19-/m1/s1. The first-order valence-corrected chi connectivity index (χ1v) is 11.1. The highest BCUT2D eigenvalue weighted by Gasteiger charge is 2.63. The molecule has 1 fully saturated rings. The molecule has 2 aliphatic rings. The van der Waals surface area contributed by atoms with E-state index in [0.717, 1.165) is 9.87 Å². The summed E-state index contributed by atoms with van der Waals surface area (Å²) in [6.07, 6.45) is 2.24. The molecule has 29 heavy (non-hydrogen) atoms. The molecule has 1 aromatic rings. The number of carbonyl (C=O) groups excluding carboxylic acids is 1. The minimum Gasteiger partial charge on any atom is -0.464 e. The van der Waals surface area contributed by atoms with Gasteiger partial charge in [0.2, 0.25) is 0 Å². The van der Waals surface area contributed by atoms with Crippen molar-refractivity contribution in [1.82, 2.24) is 4.31 Å². The van der Waals surface area contributed by atoms with Gasteiger partial charge in [-0.15, -0.1) is 0 Å². The summed E-state index contributed by atoms with van der Waals surface area (Å²) in [4.78, 5) is 12.7. The summed E-state index contributed by atoms with van der Waals surface area (Å²) in [5.74, 6) is -1.77. The maximum atomic E-state index is 13.7. The molecule has 0 aromatic heterocycles. The predicted molar refractivity (Wildman–Crippen MR) is 107 cm³/mol. The molecule has 3 rings (SSSR count). The summed E-state index contributed by atoms with van der Waals surface area (Å²) in [5.41, 5.74) is 0.947. The van der Waals surface area contributed by atoms with Crippen LogP contribution in [0.15, 0.2) is 40.9 Å². The summed E-state index contributed by atoms with van der Waals surface area (Å²) in [5, 5.41) is 0. The fraction of sp³-hybridized carbons (Fsp3) is 0.571. The number of esters is 1. The number of carbonyl (C=O) groups is 1. The van der Waals surface area contributed by atoms with E-state index in [1.807, 2.05) is 6.92 Å². The third kappa shape index (κ3) is 3.37. The van der Waals surface area contributed by atoms with Gasteiger partial charge >= 0.3 is 5.97 Å². The lowest BCUT2D eigenvalue weighted by Gasteiger charge is -2.38. The zero-order valence-corrected chi connectivity index (χ0v) is 18.5. The third-order valence-corrected chi connectivity index (χ3v) is 8.00. The topological polar surface area (TPSA) is 82.1 Å². The Bertz CT molecular complexity index is 902. The fourth-order valence-corrected chi connectivity index (χ4v) is 6.31. The van der Waals surface area contributed by atoms with Crippen LogP contribution in [0, 0.1) is 24.7 Å². The lowest BCUT2D eigenvalue weighted by atomic mass is 9.85. The van der Waals surface area contributed by atoms with Crippen LogP contribution in [0.2, 0.25) is 0 Å². The van der Waals surface area contributed by atoms with E-state index in [2.05, 4.69) is 13.8 Å². The van der Waals surface area contributed by atoms with Crippen LogP contribution in [0.25, 0.3) is 0 Å². The largest absolute Gasteiger partial charge is 0.464 e. The van der Waals surface area contributed by atoms with Crippen LogP contribution in [0.4, 0.5) is 0 Å². The SMILES string of the molecule is COC(=O)C1=C[C@@H]2[C@@H](C(C)C)CC(OC)(OC)[C@@H]2N1S(=O)(=O)c1ccc(C)cc1. The first-order chi connectivity index (χ1) is 13.6. The van der Waals surface area contributed by atoms with E-state index < -0.39 is 27.8 Å². The van der Waals surface area contributed by atoms with Crippen LogP contribution in [0.1, 0.15) is 25.8 Å². The summed E-state index contributed by atoms with van der Waals surface area (Å²) in [6.45, 7) is 6.03. The van der Waals surface area contributed by atoms with Crippen molar-refractivity contribution in [3.05, 3.63) is 41.6 Å². The van der Waals surface area contributed by atoms with Crippen LogP contribution in [0.5, 0.6) is 0 Å². The van der Waals surface area contributed by atoms with Gasteiger partial charge in [-0.25, -0.2) is 13.2 Å². The quantitative estimate of drug-likeness (QED) is 0.517. The smallest absolute Gasteiger partial charge is 0.355 e. The van der Waals surface area contributed by atoms with Crippen molar-refractivity contribution >= 4 is 16.0 Å². The Morgan fingerprint density at radius 3 is 2.21 bits per heavy atom. The predicted octanol–water partition coefficient (Wildman–Crippen LogP) is 2.71. The molecule has 0 radical (unpaired) electrons. The van der Waals surface area contributed by atoms with Crippen molar-refractivity contribution in [2.24, 2.45) is 17.8 Å². The van der Waals surface area contributed by atoms with E-state index in [0.29, 0.717) is 6.42 Å². The first kappa shape index (κ1) is 21.8. The van der Waals surface area contributed by atoms with Gasteiger partial charge in [-0.05, 0) is 37.0 Å². The minimum absolute atomic E-state index is 0.00639. The summed E-state index contributed by atoms with van der Waals surface area (Å²) >= 11 is 0. The Morgan fingerprint density at radius 1 is 1.14 bits per heavy atom. The van der Waals surface area contributed by atoms with E-state index in [1.54, 1.807) is 30.3 Å². The zero-order chi connectivity index (χ0) is 21.6. The van der Waals surface area contributed by atoms with E-state index in [1.165, 1.54) is 21.3 Å². The molecule has 1 aliphatic carbocycles. The van der Waals surface area contributed by atoms with Crippen molar-refractivity contribution in [2.75, 3.05) is 21.3 Å². The van der Waals surface area contributed by atoms with Crippen LogP contribution in [-0.4, -0.2) is 51.9 Å². The molecule has 0 bridgehead atoms. The van der Waals surface area contributed by atoms with Gasteiger partial charge in [-0.1, -0.05) is 31.5 Å². The van der Waals surface area contributed by atoms with Crippen LogP contribution >= 0.6 is 0 Å². The molecule has 0 spiro atoms. The van der Waals surface area contributed by atoms with Gasteiger partial charge in [-0.3, -0.25) is 4.31 Å². The second kappa shape index (κ2) is 7.74. The second-order valence-electron chi connectivity index (χ2n) is 8.01. The summed E-state index contributed by atoms with van der Waals surface area (Å²) < 4.78 is 45.0. The van der Waals surface area contributed by atoms with Crippen molar-refractivity contribution in [3.8, 4) is 0 Å². The molecule has 0 saturated heterocycles. The van der Waals surface area contributed by atoms with E-state index in [9.17, 15) is 13.2 Å². The molecule has 1 aromatic carbocycles. The van der Waals surface area contributed by atoms with Crippen molar-refractivity contribution < 1.29 is 27.4 Å². The number of benzene rings is 1. The molecule has 3 atom stereocenters. The van der Waals surface area contributed by atoms with Gasteiger partial charge in [-0.2, -0.15) is 0 Å². The van der Waals surface area contributed by atoms with Gasteiger partial charge < -0.3 is 14.2 Å². The Labute approximate surface area is 172 Å². The van der Waals surface area contributed by atoms with Gasteiger partial charge in [0.25, 0.3) is 10.0 Å². The first-order valence-electron chi connectivity index (χ1n) is 9.64. The van der Waals surface area contributed by atoms with E-state index in [4.69, 9.17) is 14.2 Å². The number of rotatable bonds is 6. The molecule has 8 heteroatoms. The van der Waals surface area contributed by atoms with Gasteiger partial charge in [0.15, 0.2) is 5.79 Å². The van der Waals surface area contributed by atoms with Crippen LogP contribution < -0.4 is 0 Å². The molecule has 0 unspecified atom stereocenters. The maximum absolute atomic E-state index is 13.7. The minimum atomic E-state index is -4.05. The molecule has 1 saturated carbocycles. The number of aryl methyl sites for hydroxylation is 1. The Kier molecular flexibility index (Phi) is 5.82. The highest BCUT2D eigenvalue weighted by Crippen LogP contribution is 2.54. The average molecular weight is 424 g/mol. The number of hydrogen-bond donors (Lipinski definition) is 0. The molecule has 0 N–H and O–H groups in total. The van der Waals surface area contributed by atoms with Crippen molar-refractivity contribution in [1.29, 1.82) is 0 Å². The fourth-order valence-electron chi connectivity index (χ4n) is 4.61. The Balaban J connectivity index is 2.20. The van der Waals surface area contributed by atoms with Crippen molar-refractivity contribution in [3.63, 3.8) is 0 Å². The van der Waals surface area contributed by atoms with Crippen LogP contribution in [0.3, 0.4) is 0 Å². The lowest BCUT2D eigenvalue weighted by Crippen LogP contribution is -2.53. The number of nitrogens with zero attached hydrogens (tertiary/aromatic N) is 1. The van der Waals surface area contributed by atoms with Crippen LogP contribution in [-0.2, 0) is 29.0 Å². The number of methoxy groups -OCH3 is 3. The molecule has 7 nitrogen and oxygen atoms in total. The molecule has 160 valence electrons. The average Bonchev–Trinajstić information content (AvgIpc) is 3.24. The van der Waals surface area contributed by atoms with E-state index >= 15 is 0 Å². The van der Waals surface area contributed by atoms with Crippen molar-refractivity contribution in [2.45, 2.75) is 43.9 Å². The number of fused-ring (bicyclic) bond motifs is 1. The number of ether oxygens (including phenoxy) is 3. The maximum Gasteiger partial charge on any atom is 0.355 e. The van der Waals surface area contributed by atoms with Gasteiger partial charge in [0.05, 0.1) is 12.0 Å². The molecule has 0 amide bonds. The molecule has 1 heterocycles. The normalized spacial score (nSPS) is 25.8. The zero-order valence-electron chi connectivity index (χ0n) is 17.7. The molecular formula is C21H29NO6S. The molecular weight excluding hydrogens is 394 g/mol. The van der Waals surface area contributed by atoms with Gasteiger partial charge in [0.1, 0.15) is 11.7 Å². The molecule has 1 aliphatic heterocycles. The highest BCUT2D eigenvalue weighted by atomic mass is 32.2. The highest BCUT2D eigenvalue weighted by molar-refractivity contribution is 7.89. The number of hydrogen-bond acceptors (Lipinski definition) is 6. The summed E-state index contributed by atoms with van der Waals surface area (Å²) in [7, 11) is 0.214. The van der Waals surface area contributed by atoms with Gasteiger partial charge in [0, 0.05) is 26.6 Å². The monoisotopic (exact) mass is 423 g/mol. The van der Waals surface area contributed by atoms with E-state index in [-0.39, 0.29) is 28.3 Å². The lowest BCUT2D eigenvalue weighted by molar-refractivity contribution is -0.224. The second-order valence-corrected chi connectivity index (χ2v) is 9.83.